The van der Waals surface area contributed by atoms with Gasteiger partial charge in [0, 0.05) is 35.7 Å². The van der Waals surface area contributed by atoms with Crippen LogP contribution in [0, 0.1) is 0 Å². The van der Waals surface area contributed by atoms with Crippen LogP contribution in [0.3, 0.4) is 0 Å². The molecule has 1 aliphatic heterocycles. The third-order valence-electron chi connectivity index (χ3n) is 4.22. The molecule has 1 amide bonds. The van der Waals surface area contributed by atoms with Crippen molar-refractivity contribution in [3.63, 3.8) is 0 Å². The van der Waals surface area contributed by atoms with Gasteiger partial charge in [-0.1, -0.05) is 52.3 Å². The molecule has 1 atom stereocenters. The molecule has 1 aliphatic rings. The summed E-state index contributed by atoms with van der Waals surface area (Å²) in [6.07, 6.45) is 2.17. The Morgan fingerprint density at radius 3 is 2.78 bits per heavy atom. The molecule has 1 unspecified atom stereocenters. The van der Waals surface area contributed by atoms with Crippen LogP contribution < -0.4 is 5.32 Å². The number of rotatable bonds is 4. The number of carbonyl (C=O) groups excluding carboxylic acids is 1. The number of benzene rings is 2. The number of nitrogens with zero attached hydrogens (tertiary/aromatic N) is 1. The van der Waals surface area contributed by atoms with Gasteiger partial charge in [-0.2, -0.15) is 0 Å². The Labute approximate surface area is 145 Å². The van der Waals surface area contributed by atoms with Crippen molar-refractivity contribution >= 4 is 21.8 Å². The second-order valence-electron chi connectivity index (χ2n) is 5.97. The summed E-state index contributed by atoms with van der Waals surface area (Å²) in [5.74, 6) is 0.123. The summed E-state index contributed by atoms with van der Waals surface area (Å²) in [4.78, 5) is 14.6. The lowest BCUT2D eigenvalue weighted by Crippen LogP contribution is -2.47. The van der Waals surface area contributed by atoms with Crippen molar-refractivity contribution in [1.29, 1.82) is 0 Å². The monoisotopic (exact) mass is 372 g/mol. The summed E-state index contributed by atoms with van der Waals surface area (Å²) < 4.78 is 0.944. The molecule has 4 heteroatoms. The molecule has 1 heterocycles. The third-order valence-corrected chi connectivity index (χ3v) is 4.71. The number of hydrogen-bond donors (Lipinski definition) is 1. The van der Waals surface area contributed by atoms with Crippen LogP contribution in [-0.4, -0.2) is 29.9 Å². The first-order chi connectivity index (χ1) is 11.2. The van der Waals surface area contributed by atoms with E-state index in [2.05, 4.69) is 45.5 Å². The van der Waals surface area contributed by atoms with Gasteiger partial charge in [0.05, 0.1) is 0 Å². The lowest BCUT2D eigenvalue weighted by Gasteiger charge is -2.33. The number of amides is 1. The maximum atomic E-state index is 12.6. The molecule has 3 rings (SSSR count). The average Bonchev–Trinajstić information content (AvgIpc) is 2.60. The Hall–Kier alpha value is -1.65. The van der Waals surface area contributed by atoms with Crippen LogP contribution in [0.15, 0.2) is 59.1 Å². The number of hydrogen-bond acceptors (Lipinski definition) is 2. The summed E-state index contributed by atoms with van der Waals surface area (Å²) in [5.41, 5.74) is 2.03. The molecular formula is C19H21BrN2O. The smallest absolute Gasteiger partial charge is 0.253 e. The molecular weight excluding hydrogens is 352 g/mol. The zero-order chi connectivity index (χ0) is 16.1. The van der Waals surface area contributed by atoms with Crippen LogP contribution in [0.2, 0.25) is 0 Å². The first-order valence-corrected chi connectivity index (χ1v) is 8.84. The predicted molar refractivity (Wildman–Crippen MR) is 96.3 cm³/mol. The molecule has 0 aliphatic carbocycles. The summed E-state index contributed by atoms with van der Waals surface area (Å²) >= 11 is 3.43. The van der Waals surface area contributed by atoms with Gasteiger partial charge in [-0.05, 0) is 36.6 Å². The Balaban J connectivity index is 1.58. The van der Waals surface area contributed by atoms with Gasteiger partial charge >= 0.3 is 0 Å². The standard InChI is InChI=1S/C19H21BrN2O/c20-17-9-4-8-16(12-17)19(23)22-11-5-10-18(14-22)21-13-15-6-2-1-3-7-15/h1-4,6-9,12,18,21H,5,10-11,13-14H2. The van der Waals surface area contributed by atoms with Gasteiger partial charge in [0.15, 0.2) is 0 Å². The number of carbonyl (C=O) groups is 1. The zero-order valence-corrected chi connectivity index (χ0v) is 14.6. The first-order valence-electron chi connectivity index (χ1n) is 8.04. The quantitative estimate of drug-likeness (QED) is 0.883. The van der Waals surface area contributed by atoms with Crippen LogP contribution in [0.25, 0.3) is 0 Å². The summed E-state index contributed by atoms with van der Waals surface area (Å²) in [6.45, 7) is 2.47. The van der Waals surface area contributed by atoms with Crippen LogP contribution in [0.1, 0.15) is 28.8 Å². The van der Waals surface area contributed by atoms with E-state index in [4.69, 9.17) is 0 Å². The van der Waals surface area contributed by atoms with Crippen LogP contribution >= 0.6 is 15.9 Å². The maximum absolute atomic E-state index is 12.6. The van der Waals surface area contributed by atoms with E-state index in [0.717, 1.165) is 42.5 Å². The second-order valence-corrected chi connectivity index (χ2v) is 6.88. The van der Waals surface area contributed by atoms with Gasteiger partial charge in [0.25, 0.3) is 5.91 Å². The lowest BCUT2D eigenvalue weighted by atomic mass is 10.0. The number of likely N-dealkylation sites (tertiary alicyclic amines) is 1. The lowest BCUT2D eigenvalue weighted by molar-refractivity contribution is 0.0694. The Morgan fingerprint density at radius 2 is 2.00 bits per heavy atom. The topological polar surface area (TPSA) is 32.3 Å². The Morgan fingerprint density at radius 1 is 1.17 bits per heavy atom. The van der Waals surface area contributed by atoms with Crippen molar-refractivity contribution in [3.05, 3.63) is 70.2 Å². The van der Waals surface area contributed by atoms with Crippen molar-refractivity contribution in [3.8, 4) is 0 Å². The predicted octanol–water partition coefficient (Wildman–Crippen LogP) is 3.84. The molecule has 1 N–H and O–H groups in total. The molecule has 0 aromatic heterocycles. The van der Waals surface area contributed by atoms with Gasteiger partial charge in [0.2, 0.25) is 0 Å². The Kier molecular flexibility index (Phi) is 5.47. The second kappa shape index (κ2) is 7.75. The molecule has 0 radical (unpaired) electrons. The highest BCUT2D eigenvalue weighted by molar-refractivity contribution is 9.10. The molecule has 2 aromatic carbocycles. The van der Waals surface area contributed by atoms with Crippen LogP contribution in [-0.2, 0) is 6.54 Å². The van der Waals surface area contributed by atoms with E-state index in [0.29, 0.717) is 6.04 Å². The summed E-state index contributed by atoms with van der Waals surface area (Å²) in [6, 6.07) is 18.4. The minimum Gasteiger partial charge on any atom is -0.337 e. The number of halogens is 1. The average molecular weight is 373 g/mol. The SMILES string of the molecule is O=C(c1cccc(Br)c1)N1CCCC(NCc2ccccc2)C1. The fourth-order valence-corrected chi connectivity index (χ4v) is 3.39. The highest BCUT2D eigenvalue weighted by Crippen LogP contribution is 2.17. The maximum Gasteiger partial charge on any atom is 0.253 e. The van der Waals surface area contributed by atoms with E-state index in [1.807, 2.05) is 35.2 Å². The third kappa shape index (κ3) is 4.43. The van der Waals surface area contributed by atoms with E-state index >= 15 is 0 Å². The van der Waals surface area contributed by atoms with E-state index in [1.165, 1.54) is 5.56 Å². The number of piperidine rings is 1. The van der Waals surface area contributed by atoms with Crippen LogP contribution in [0.5, 0.6) is 0 Å². The minimum atomic E-state index is 0.123. The fourth-order valence-electron chi connectivity index (χ4n) is 2.99. The summed E-state index contributed by atoms with van der Waals surface area (Å²) in [5, 5.41) is 3.58. The molecule has 0 spiro atoms. The first kappa shape index (κ1) is 16.2. The molecule has 3 nitrogen and oxygen atoms in total. The minimum absolute atomic E-state index is 0.123. The highest BCUT2D eigenvalue weighted by Gasteiger charge is 2.24. The van der Waals surface area contributed by atoms with Crippen molar-refractivity contribution < 1.29 is 4.79 Å². The molecule has 1 fully saturated rings. The molecule has 0 saturated carbocycles. The van der Waals surface area contributed by atoms with Gasteiger partial charge in [0.1, 0.15) is 0 Å². The van der Waals surface area contributed by atoms with Crippen molar-refractivity contribution in [2.75, 3.05) is 13.1 Å². The molecule has 120 valence electrons. The van der Waals surface area contributed by atoms with E-state index in [-0.39, 0.29) is 5.91 Å². The highest BCUT2D eigenvalue weighted by atomic mass is 79.9. The van der Waals surface area contributed by atoms with Crippen LogP contribution in [0.4, 0.5) is 0 Å². The van der Waals surface area contributed by atoms with Crippen molar-refractivity contribution in [2.24, 2.45) is 0 Å². The van der Waals surface area contributed by atoms with Gasteiger partial charge in [-0.15, -0.1) is 0 Å². The molecule has 23 heavy (non-hydrogen) atoms. The van der Waals surface area contributed by atoms with Gasteiger partial charge < -0.3 is 10.2 Å². The molecule has 1 saturated heterocycles. The fraction of sp³-hybridized carbons (Fsp3) is 0.316. The van der Waals surface area contributed by atoms with Crippen molar-refractivity contribution in [1.82, 2.24) is 10.2 Å². The molecule has 0 bridgehead atoms. The normalized spacial score (nSPS) is 18.0. The van der Waals surface area contributed by atoms with Crippen molar-refractivity contribution in [2.45, 2.75) is 25.4 Å². The van der Waals surface area contributed by atoms with E-state index in [1.54, 1.807) is 0 Å². The number of nitrogens with one attached hydrogen (secondary N) is 1. The largest absolute Gasteiger partial charge is 0.337 e. The Bertz CT molecular complexity index is 659. The zero-order valence-electron chi connectivity index (χ0n) is 13.0. The van der Waals surface area contributed by atoms with Gasteiger partial charge in [-0.3, -0.25) is 4.79 Å². The van der Waals surface area contributed by atoms with E-state index in [9.17, 15) is 4.79 Å². The summed E-state index contributed by atoms with van der Waals surface area (Å²) in [7, 11) is 0. The van der Waals surface area contributed by atoms with E-state index < -0.39 is 0 Å². The van der Waals surface area contributed by atoms with Gasteiger partial charge in [-0.25, -0.2) is 0 Å². The molecule has 2 aromatic rings.